The maximum atomic E-state index is 6.22. The van der Waals surface area contributed by atoms with Crippen LogP contribution in [0.15, 0.2) is 17.5 Å². The summed E-state index contributed by atoms with van der Waals surface area (Å²) in [6, 6.07) is 4.36. The molecule has 1 saturated carbocycles. The third kappa shape index (κ3) is 2.47. The molecule has 1 fully saturated rings. The van der Waals surface area contributed by atoms with Crippen LogP contribution >= 0.6 is 22.9 Å². The highest BCUT2D eigenvalue weighted by Gasteiger charge is 2.24. The molecule has 2 unspecified atom stereocenters. The van der Waals surface area contributed by atoms with E-state index in [0.29, 0.717) is 5.38 Å². The Morgan fingerprint density at radius 2 is 2.38 bits per heavy atom. The molecule has 2 heteroatoms. The van der Waals surface area contributed by atoms with Crippen molar-refractivity contribution in [2.45, 2.75) is 37.5 Å². The highest BCUT2D eigenvalue weighted by atomic mass is 35.5. The van der Waals surface area contributed by atoms with Crippen LogP contribution in [0.3, 0.4) is 0 Å². The summed E-state index contributed by atoms with van der Waals surface area (Å²) in [4.78, 5) is 1.51. The lowest BCUT2D eigenvalue weighted by Crippen LogP contribution is -2.07. The standard InChI is InChI=1S/C11H15ClS/c12-11-5-1-3-9(11)6-7-10-4-2-8-13-10/h2,4,8-9,11H,1,3,5-7H2. The largest absolute Gasteiger partial charge is 0.149 e. The molecule has 13 heavy (non-hydrogen) atoms. The average Bonchev–Trinajstić information content (AvgIpc) is 2.72. The van der Waals surface area contributed by atoms with Gasteiger partial charge in [-0.3, -0.25) is 0 Å². The highest BCUT2D eigenvalue weighted by molar-refractivity contribution is 7.09. The van der Waals surface area contributed by atoms with E-state index in [2.05, 4.69) is 17.5 Å². The van der Waals surface area contributed by atoms with Gasteiger partial charge in [0, 0.05) is 10.3 Å². The Labute approximate surface area is 88.9 Å². The predicted molar refractivity (Wildman–Crippen MR) is 59.6 cm³/mol. The third-order valence-electron chi connectivity index (χ3n) is 2.91. The van der Waals surface area contributed by atoms with Crippen molar-refractivity contribution >= 4 is 22.9 Å². The van der Waals surface area contributed by atoms with E-state index in [1.807, 2.05) is 11.3 Å². The van der Waals surface area contributed by atoms with Crippen LogP contribution < -0.4 is 0 Å². The number of hydrogen-bond acceptors (Lipinski definition) is 1. The molecule has 0 nitrogen and oxygen atoms in total. The van der Waals surface area contributed by atoms with Gasteiger partial charge in [-0.05, 0) is 43.0 Å². The van der Waals surface area contributed by atoms with E-state index < -0.39 is 0 Å². The lowest BCUT2D eigenvalue weighted by molar-refractivity contribution is 0.511. The summed E-state index contributed by atoms with van der Waals surface area (Å²) in [6.07, 6.45) is 6.43. The van der Waals surface area contributed by atoms with Crippen LogP contribution in [0.25, 0.3) is 0 Å². The van der Waals surface area contributed by atoms with Gasteiger partial charge < -0.3 is 0 Å². The molecule has 2 atom stereocenters. The van der Waals surface area contributed by atoms with E-state index in [0.717, 1.165) is 5.92 Å². The Hall–Kier alpha value is -0.0100. The Kier molecular flexibility index (Phi) is 3.28. The number of hydrogen-bond donors (Lipinski definition) is 0. The second-order valence-electron chi connectivity index (χ2n) is 3.83. The predicted octanol–water partition coefficient (Wildman–Crippen LogP) is 4.09. The molecule has 0 aromatic carbocycles. The second-order valence-corrected chi connectivity index (χ2v) is 5.42. The molecule has 0 spiro atoms. The van der Waals surface area contributed by atoms with Crippen LogP contribution in [0.4, 0.5) is 0 Å². The van der Waals surface area contributed by atoms with Crippen LogP contribution in [0.2, 0.25) is 0 Å². The fraction of sp³-hybridized carbons (Fsp3) is 0.636. The van der Waals surface area contributed by atoms with E-state index in [1.165, 1.54) is 37.0 Å². The normalized spacial score (nSPS) is 28.1. The topological polar surface area (TPSA) is 0 Å². The first kappa shape index (κ1) is 9.54. The van der Waals surface area contributed by atoms with Crippen molar-refractivity contribution < 1.29 is 0 Å². The number of rotatable bonds is 3. The van der Waals surface area contributed by atoms with Crippen molar-refractivity contribution in [2.24, 2.45) is 5.92 Å². The van der Waals surface area contributed by atoms with Gasteiger partial charge in [-0.2, -0.15) is 0 Å². The molecule has 2 rings (SSSR count). The quantitative estimate of drug-likeness (QED) is 0.665. The number of aryl methyl sites for hydroxylation is 1. The summed E-state index contributed by atoms with van der Waals surface area (Å²) in [5.41, 5.74) is 0. The SMILES string of the molecule is ClC1CCCC1CCc1cccs1. The Balaban J connectivity index is 1.79. The number of alkyl halides is 1. The fourth-order valence-corrected chi connectivity index (χ4v) is 3.23. The Morgan fingerprint density at radius 3 is 3.00 bits per heavy atom. The first-order valence-electron chi connectivity index (χ1n) is 5.03. The third-order valence-corrected chi connectivity index (χ3v) is 4.42. The molecular formula is C11H15ClS. The fourth-order valence-electron chi connectivity index (χ4n) is 2.10. The molecule has 1 aromatic heterocycles. The molecule has 0 radical (unpaired) electrons. The molecule has 0 aliphatic heterocycles. The van der Waals surface area contributed by atoms with Crippen molar-refractivity contribution in [1.29, 1.82) is 0 Å². The molecular weight excluding hydrogens is 200 g/mol. The van der Waals surface area contributed by atoms with Gasteiger partial charge in [-0.1, -0.05) is 12.5 Å². The molecule has 1 aliphatic rings. The summed E-state index contributed by atoms with van der Waals surface area (Å²) < 4.78 is 0. The Bertz CT molecular complexity index is 243. The first-order chi connectivity index (χ1) is 6.36. The van der Waals surface area contributed by atoms with Gasteiger partial charge in [-0.15, -0.1) is 22.9 Å². The van der Waals surface area contributed by atoms with E-state index in [-0.39, 0.29) is 0 Å². The van der Waals surface area contributed by atoms with Gasteiger partial charge in [0.1, 0.15) is 0 Å². The zero-order valence-electron chi connectivity index (χ0n) is 7.71. The molecule has 1 heterocycles. The minimum Gasteiger partial charge on any atom is -0.149 e. The van der Waals surface area contributed by atoms with E-state index in [1.54, 1.807) is 0 Å². The molecule has 0 bridgehead atoms. The zero-order chi connectivity index (χ0) is 9.10. The van der Waals surface area contributed by atoms with Gasteiger partial charge in [0.05, 0.1) is 0 Å². The van der Waals surface area contributed by atoms with Gasteiger partial charge in [-0.25, -0.2) is 0 Å². The van der Waals surface area contributed by atoms with Crippen molar-refractivity contribution in [3.05, 3.63) is 22.4 Å². The van der Waals surface area contributed by atoms with Crippen molar-refractivity contribution in [3.63, 3.8) is 0 Å². The van der Waals surface area contributed by atoms with Crippen LogP contribution in [0.1, 0.15) is 30.6 Å². The summed E-state index contributed by atoms with van der Waals surface area (Å²) in [5, 5.41) is 2.61. The summed E-state index contributed by atoms with van der Waals surface area (Å²) in [6.45, 7) is 0. The van der Waals surface area contributed by atoms with E-state index in [4.69, 9.17) is 11.6 Å². The average molecular weight is 215 g/mol. The van der Waals surface area contributed by atoms with Crippen molar-refractivity contribution in [2.75, 3.05) is 0 Å². The molecule has 0 N–H and O–H groups in total. The summed E-state index contributed by atoms with van der Waals surface area (Å²) >= 11 is 8.09. The smallest absolute Gasteiger partial charge is 0.0364 e. The molecule has 72 valence electrons. The van der Waals surface area contributed by atoms with Crippen LogP contribution in [-0.4, -0.2) is 5.38 Å². The highest BCUT2D eigenvalue weighted by Crippen LogP contribution is 2.33. The lowest BCUT2D eigenvalue weighted by Gasteiger charge is -2.11. The van der Waals surface area contributed by atoms with Gasteiger partial charge >= 0.3 is 0 Å². The number of halogens is 1. The minimum atomic E-state index is 0.458. The lowest BCUT2D eigenvalue weighted by atomic mass is 10.0. The van der Waals surface area contributed by atoms with Gasteiger partial charge in [0.15, 0.2) is 0 Å². The Morgan fingerprint density at radius 1 is 1.46 bits per heavy atom. The second kappa shape index (κ2) is 4.47. The molecule has 0 amide bonds. The maximum absolute atomic E-state index is 6.22. The molecule has 1 aliphatic carbocycles. The van der Waals surface area contributed by atoms with Crippen LogP contribution in [-0.2, 0) is 6.42 Å². The van der Waals surface area contributed by atoms with Gasteiger partial charge in [0.25, 0.3) is 0 Å². The van der Waals surface area contributed by atoms with Crippen LogP contribution in [0, 0.1) is 5.92 Å². The minimum absolute atomic E-state index is 0.458. The van der Waals surface area contributed by atoms with Crippen molar-refractivity contribution in [1.82, 2.24) is 0 Å². The number of thiophene rings is 1. The zero-order valence-corrected chi connectivity index (χ0v) is 9.28. The molecule has 1 aromatic rings. The van der Waals surface area contributed by atoms with Crippen molar-refractivity contribution in [3.8, 4) is 0 Å². The van der Waals surface area contributed by atoms with E-state index in [9.17, 15) is 0 Å². The maximum Gasteiger partial charge on any atom is 0.0364 e. The van der Waals surface area contributed by atoms with Crippen LogP contribution in [0.5, 0.6) is 0 Å². The van der Waals surface area contributed by atoms with Gasteiger partial charge in [0.2, 0.25) is 0 Å². The van der Waals surface area contributed by atoms with E-state index >= 15 is 0 Å². The molecule has 0 saturated heterocycles. The summed E-state index contributed by atoms with van der Waals surface area (Å²) in [5.74, 6) is 0.781. The summed E-state index contributed by atoms with van der Waals surface area (Å²) in [7, 11) is 0. The monoisotopic (exact) mass is 214 g/mol. The first-order valence-corrected chi connectivity index (χ1v) is 6.34.